The summed E-state index contributed by atoms with van der Waals surface area (Å²) >= 11 is 1.40. The van der Waals surface area contributed by atoms with Crippen molar-refractivity contribution in [2.24, 2.45) is 0 Å². The van der Waals surface area contributed by atoms with E-state index in [4.69, 9.17) is 0 Å². The number of aliphatic carboxylic acids is 1. The average molecular weight is 342 g/mol. The molecule has 0 spiro atoms. The normalized spacial score (nSPS) is 12.4. The van der Waals surface area contributed by atoms with Gasteiger partial charge in [0.15, 0.2) is 0 Å². The summed E-state index contributed by atoms with van der Waals surface area (Å²) in [5, 5.41) is 11.7. The van der Waals surface area contributed by atoms with Gasteiger partial charge in [-0.05, 0) is 24.0 Å². The average Bonchev–Trinajstić information content (AvgIpc) is 3.02. The molecular formula is C18H18N2O3S. The van der Waals surface area contributed by atoms with Crippen LogP contribution in [0.15, 0.2) is 40.8 Å². The third-order valence-electron chi connectivity index (χ3n) is 4.20. The van der Waals surface area contributed by atoms with Crippen LogP contribution in [0.5, 0.6) is 0 Å². The number of hydrogen-bond donors (Lipinski definition) is 1. The molecule has 0 fully saturated rings. The molecule has 0 aliphatic carbocycles. The minimum atomic E-state index is -1.02. The molecule has 1 unspecified atom stereocenters. The van der Waals surface area contributed by atoms with Crippen LogP contribution in [0.2, 0.25) is 0 Å². The van der Waals surface area contributed by atoms with Crippen LogP contribution >= 0.6 is 11.3 Å². The van der Waals surface area contributed by atoms with Crippen molar-refractivity contribution < 1.29 is 9.90 Å². The van der Waals surface area contributed by atoms with Gasteiger partial charge in [0, 0.05) is 10.9 Å². The van der Waals surface area contributed by atoms with E-state index in [2.05, 4.69) is 11.9 Å². The molecule has 3 aromatic rings. The zero-order valence-corrected chi connectivity index (χ0v) is 14.3. The minimum Gasteiger partial charge on any atom is -0.480 e. The van der Waals surface area contributed by atoms with Gasteiger partial charge in [-0.25, -0.2) is 9.78 Å². The Morgan fingerprint density at radius 2 is 2.00 bits per heavy atom. The summed E-state index contributed by atoms with van der Waals surface area (Å²) in [5.41, 5.74) is 2.68. The fourth-order valence-electron chi connectivity index (χ4n) is 2.79. The third kappa shape index (κ3) is 2.73. The molecule has 0 amide bonds. The highest BCUT2D eigenvalue weighted by atomic mass is 32.1. The van der Waals surface area contributed by atoms with E-state index >= 15 is 0 Å². The molecule has 124 valence electrons. The lowest BCUT2D eigenvalue weighted by atomic mass is 10.0. The van der Waals surface area contributed by atoms with Crippen LogP contribution in [0, 0.1) is 0 Å². The van der Waals surface area contributed by atoms with Crippen molar-refractivity contribution in [2.45, 2.75) is 32.7 Å². The standard InChI is InChI=1S/C18H18N2O3S/c1-3-11-5-7-12(8-6-11)13-9-24-16-15(13)17(21)20(10-19-16)14(4-2)18(22)23/h5-10,14H,3-4H2,1-2H3,(H,22,23). The van der Waals surface area contributed by atoms with Gasteiger partial charge < -0.3 is 5.11 Å². The number of aromatic nitrogens is 2. The van der Waals surface area contributed by atoms with Crippen LogP contribution in [0.4, 0.5) is 0 Å². The highest BCUT2D eigenvalue weighted by molar-refractivity contribution is 7.17. The first-order valence-corrected chi connectivity index (χ1v) is 8.75. The number of aryl methyl sites for hydroxylation is 1. The van der Waals surface area contributed by atoms with Crippen molar-refractivity contribution in [3.05, 3.63) is 51.9 Å². The van der Waals surface area contributed by atoms with Crippen molar-refractivity contribution in [3.63, 3.8) is 0 Å². The maximum absolute atomic E-state index is 12.9. The van der Waals surface area contributed by atoms with Crippen LogP contribution in [0.1, 0.15) is 31.9 Å². The van der Waals surface area contributed by atoms with Gasteiger partial charge in [-0.3, -0.25) is 9.36 Å². The Labute approximate surface area is 143 Å². The Morgan fingerprint density at radius 3 is 2.58 bits per heavy atom. The molecule has 1 aromatic carbocycles. The van der Waals surface area contributed by atoms with Crippen LogP contribution in [-0.4, -0.2) is 20.6 Å². The molecule has 2 aromatic heterocycles. The van der Waals surface area contributed by atoms with Crippen molar-refractivity contribution in [1.82, 2.24) is 9.55 Å². The Morgan fingerprint density at radius 1 is 1.29 bits per heavy atom. The first-order chi connectivity index (χ1) is 11.6. The smallest absolute Gasteiger partial charge is 0.326 e. The van der Waals surface area contributed by atoms with Crippen LogP contribution in [0.3, 0.4) is 0 Å². The molecule has 0 bridgehead atoms. The van der Waals surface area contributed by atoms with Crippen molar-refractivity contribution in [1.29, 1.82) is 0 Å². The molecule has 0 saturated carbocycles. The molecule has 1 atom stereocenters. The van der Waals surface area contributed by atoms with Crippen LogP contribution in [0.25, 0.3) is 21.3 Å². The van der Waals surface area contributed by atoms with Gasteiger partial charge in [0.25, 0.3) is 5.56 Å². The number of benzene rings is 1. The predicted molar refractivity (Wildman–Crippen MR) is 95.7 cm³/mol. The molecule has 0 radical (unpaired) electrons. The largest absolute Gasteiger partial charge is 0.480 e. The quantitative estimate of drug-likeness (QED) is 0.767. The van der Waals surface area contributed by atoms with Gasteiger partial charge >= 0.3 is 5.97 Å². The van der Waals surface area contributed by atoms with Crippen molar-refractivity contribution >= 4 is 27.5 Å². The maximum Gasteiger partial charge on any atom is 0.326 e. The number of rotatable bonds is 5. The Bertz CT molecular complexity index is 941. The number of carboxylic acid groups (broad SMARTS) is 1. The summed E-state index contributed by atoms with van der Waals surface area (Å²) in [7, 11) is 0. The number of nitrogens with zero attached hydrogens (tertiary/aromatic N) is 2. The Hall–Kier alpha value is -2.47. The molecule has 3 rings (SSSR count). The maximum atomic E-state index is 12.9. The van der Waals surface area contributed by atoms with Crippen LogP contribution < -0.4 is 5.56 Å². The van der Waals surface area contributed by atoms with E-state index in [0.29, 0.717) is 16.6 Å². The molecular weight excluding hydrogens is 324 g/mol. The summed E-state index contributed by atoms with van der Waals surface area (Å²) in [4.78, 5) is 29.2. The zero-order valence-electron chi connectivity index (χ0n) is 13.5. The highest BCUT2D eigenvalue weighted by Crippen LogP contribution is 2.31. The van der Waals surface area contributed by atoms with Gasteiger partial charge in [0.1, 0.15) is 10.9 Å². The summed E-state index contributed by atoms with van der Waals surface area (Å²) < 4.78 is 1.22. The topological polar surface area (TPSA) is 72.2 Å². The lowest BCUT2D eigenvalue weighted by Gasteiger charge is -2.13. The minimum absolute atomic E-state index is 0.301. The SMILES string of the molecule is CCc1ccc(-c2csc3ncn(C(CC)C(=O)O)c(=O)c23)cc1. The zero-order chi connectivity index (χ0) is 17.3. The summed E-state index contributed by atoms with van der Waals surface area (Å²) in [6.07, 6.45) is 2.62. The lowest BCUT2D eigenvalue weighted by molar-refractivity contribution is -0.141. The van der Waals surface area contributed by atoms with E-state index in [1.165, 1.54) is 27.8 Å². The number of hydrogen-bond acceptors (Lipinski definition) is 4. The van der Waals surface area contributed by atoms with Gasteiger partial charge in [-0.2, -0.15) is 0 Å². The summed E-state index contributed by atoms with van der Waals surface area (Å²) in [6.45, 7) is 3.84. The molecule has 24 heavy (non-hydrogen) atoms. The predicted octanol–water partition coefficient (Wildman–Crippen LogP) is 3.72. The van der Waals surface area contributed by atoms with Gasteiger partial charge in [-0.1, -0.05) is 38.1 Å². The lowest BCUT2D eigenvalue weighted by Crippen LogP contribution is -2.29. The first-order valence-electron chi connectivity index (χ1n) is 7.87. The number of fused-ring (bicyclic) bond motifs is 1. The van der Waals surface area contributed by atoms with E-state index < -0.39 is 12.0 Å². The van der Waals surface area contributed by atoms with Gasteiger partial charge in [0.05, 0.1) is 11.7 Å². The van der Waals surface area contributed by atoms with Gasteiger partial charge in [-0.15, -0.1) is 11.3 Å². The number of carbonyl (C=O) groups is 1. The monoisotopic (exact) mass is 342 g/mol. The fraction of sp³-hybridized carbons (Fsp3) is 0.278. The van der Waals surface area contributed by atoms with Crippen molar-refractivity contribution in [3.8, 4) is 11.1 Å². The second-order valence-corrected chi connectivity index (χ2v) is 6.46. The Balaban J connectivity index is 2.20. The second-order valence-electron chi connectivity index (χ2n) is 5.60. The molecule has 6 heteroatoms. The van der Waals surface area contributed by atoms with Gasteiger partial charge in [0.2, 0.25) is 0 Å². The van der Waals surface area contributed by atoms with E-state index in [9.17, 15) is 14.7 Å². The van der Waals surface area contributed by atoms with Crippen LogP contribution in [-0.2, 0) is 11.2 Å². The molecule has 0 saturated heterocycles. The van der Waals surface area contributed by atoms with E-state index in [0.717, 1.165) is 17.5 Å². The summed E-state index contributed by atoms with van der Waals surface area (Å²) in [6, 6.07) is 7.17. The molecule has 0 aliphatic heterocycles. The highest BCUT2D eigenvalue weighted by Gasteiger charge is 2.21. The van der Waals surface area contributed by atoms with E-state index in [1.807, 2.05) is 29.6 Å². The third-order valence-corrected chi connectivity index (χ3v) is 5.09. The molecule has 1 N–H and O–H groups in total. The van der Waals surface area contributed by atoms with E-state index in [1.54, 1.807) is 6.92 Å². The number of carboxylic acids is 1. The number of thiophene rings is 1. The van der Waals surface area contributed by atoms with E-state index in [-0.39, 0.29) is 5.56 Å². The first kappa shape index (κ1) is 16.4. The summed E-state index contributed by atoms with van der Waals surface area (Å²) in [5.74, 6) is -1.02. The van der Waals surface area contributed by atoms with Crippen molar-refractivity contribution in [2.75, 3.05) is 0 Å². The molecule has 0 aliphatic rings. The molecule has 5 nitrogen and oxygen atoms in total. The molecule has 2 heterocycles. The Kier molecular flexibility index (Phi) is 4.49. The fourth-order valence-corrected chi connectivity index (χ4v) is 3.70. The second kappa shape index (κ2) is 6.57.